The fourth-order valence-corrected chi connectivity index (χ4v) is 0.792. The normalized spacial score (nSPS) is 13.3. The van der Waals surface area contributed by atoms with Gasteiger partial charge in [-0.3, -0.25) is 9.59 Å². The lowest BCUT2D eigenvalue weighted by Gasteiger charge is -2.20. The Labute approximate surface area is 90.6 Å². The summed E-state index contributed by atoms with van der Waals surface area (Å²) in [6, 6.07) is 0. The molecule has 1 atom stereocenters. The summed E-state index contributed by atoms with van der Waals surface area (Å²) in [5.74, 6) is -1.59. The Morgan fingerprint density at radius 2 is 1.93 bits per heavy atom. The molecule has 0 fully saturated rings. The monoisotopic (exact) mass is 216 g/mol. The molecule has 0 aromatic rings. The number of aliphatic carboxylic acids is 1. The van der Waals surface area contributed by atoms with Crippen LogP contribution in [0.2, 0.25) is 0 Å². The number of carbonyl (C=O) groups excluding carboxylic acids is 1. The lowest BCUT2D eigenvalue weighted by atomic mass is 9.91. The Kier molecular flexibility index (Phi) is 5.33. The van der Waals surface area contributed by atoms with Crippen LogP contribution in [0.3, 0.4) is 0 Å². The third kappa shape index (κ3) is 4.81. The second kappa shape index (κ2) is 5.73. The molecule has 0 aliphatic heterocycles. The molecule has 0 spiro atoms. The lowest BCUT2D eigenvalue weighted by molar-refractivity contribution is -0.155. The Hall–Kier alpha value is -1.06. The highest BCUT2D eigenvalue weighted by molar-refractivity contribution is 5.75. The van der Waals surface area contributed by atoms with E-state index in [9.17, 15) is 9.59 Å². The molecular weight excluding hydrogens is 196 g/mol. The number of ether oxygens (including phenoxy) is 1. The van der Waals surface area contributed by atoms with Crippen molar-refractivity contribution in [1.82, 2.24) is 0 Å². The Balaban J connectivity index is 3.88. The Morgan fingerprint density at radius 1 is 1.40 bits per heavy atom. The second-order valence-electron chi connectivity index (χ2n) is 4.40. The SMILES string of the molecule is CCC(C)(C)C(=O)OCCC(C)C(=O)O. The molecule has 1 unspecified atom stereocenters. The molecule has 15 heavy (non-hydrogen) atoms. The van der Waals surface area contributed by atoms with Crippen LogP contribution in [0.4, 0.5) is 0 Å². The van der Waals surface area contributed by atoms with Gasteiger partial charge in [-0.15, -0.1) is 0 Å². The molecule has 88 valence electrons. The van der Waals surface area contributed by atoms with E-state index in [1.54, 1.807) is 6.92 Å². The molecule has 0 amide bonds. The predicted molar refractivity (Wildman–Crippen MR) is 56.4 cm³/mol. The molecule has 0 aromatic heterocycles. The van der Waals surface area contributed by atoms with Crippen molar-refractivity contribution < 1.29 is 19.4 Å². The van der Waals surface area contributed by atoms with Crippen LogP contribution in [0.1, 0.15) is 40.5 Å². The molecule has 0 saturated heterocycles. The van der Waals surface area contributed by atoms with Gasteiger partial charge in [0.05, 0.1) is 17.9 Å². The maximum atomic E-state index is 11.5. The van der Waals surface area contributed by atoms with Gasteiger partial charge in [-0.25, -0.2) is 0 Å². The topological polar surface area (TPSA) is 63.6 Å². The first-order chi connectivity index (χ1) is 6.81. The van der Waals surface area contributed by atoms with E-state index in [2.05, 4.69) is 0 Å². The van der Waals surface area contributed by atoms with E-state index in [1.807, 2.05) is 20.8 Å². The van der Waals surface area contributed by atoms with Crippen LogP contribution in [-0.4, -0.2) is 23.7 Å². The van der Waals surface area contributed by atoms with Crippen molar-refractivity contribution in [2.45, 2.75) is 40.5 Å². The highest BCUT2D eigenvalue weighted by Crippen LogP contribution is 2.21. The largest absolute Gasteiger partial charge is 0.481 e. The summed E-state index contributed by atoms with van der Waals surface area (Å²) in [6.45, 7) is 7.32. The Bertz CT molecular complexity index is 233. The van der Waals surface area contributed by atoms with Gasteiger partial charge in [0.25, 0.3) is 0 Å². The summed E-state index contributed by atoms with van der Waals surface area (Å²) in [5.41, 5.74) is -0.480. The average molecular weight is 216 g/mol. The van der Waals surface area contributed by atoms with Crippen LogP contribution in [-0.2, 0) is 14.3 Å². The van der Waals surface area contributed by atoms with Crippen LogP contribution in [0, 0.1) is 11.3 Å². The maximum absolute atomic E-state index is 11.5. The quantitative estimate of drug-likeness (QED) is 0.690. The molecular formula is C11H20O4. The van der Waals surface area contributed by atoms with Gasteiger partial charge in [0.1, 0.15) is 0 Å². The van der Waals surface area contributed by atoms with Crippen molar-refractivity contribution in [3.8, 4) is 0 Å². The molecule has 0 saturated carbocycles. The smallest absolute Gasteiger partial charge is 0.311 e. The van der Waals surface area contributed by atoms with E-state index in [1.165, 1.54) is 0 Å². The van der Waals surface area contributed by atoms with Gasteiger partial charge in [-0.05, 0) is 26.7 Å². The predicted octanol–water partition coefficient (Wildman–Crippen LogP) is 2.08. The van der Waals surface area contributed by atoms with E-state index in [4.69, 9.17) is 9.84 Å². The van der Waals surface area contributed by atoms with E-state index in [-0.39, 0.29) is 12.6 Å². The fourth-order valence-electron chi connectivity index (χ4n) is 0.792. The van der Waals surface area contributed by atoms with Crippen LogP contribution >= 0.6 is 0 Å². The molecule has 0 radical (unpaired) electrons. The number of carboxylic acids is 1. The molecule has 0 aromatic carbocycles. The third-order valence-electron chi connectivity index (χ3n) is 2.64. The number of hydrogen-bond donors (Lipinski definition) is 1. The summed E-state index contributed by atoms with van der Waals surface area (Å²) in [7, 11) is 0. The van der Waals surface area contributed by atoms with Crippen molar-refractivity contribution in [3.63, 3.8) is 0 Å². The zero-order chi connectivity index (χ0) is 12.1. The number of carboxylic acid groups (broad SMARTS) is 1. The van der Waals surface area contributed by atoms with Gasteiger partial charge in [-0.2, -0.15) is 0 Å². The zero-order valence-corrected chi connectivity index (χ0v) is 9.87. The van der Waals surface area contributed by atoms with Gasteiger partial charge >= 0.3 is 11.9 Å². The van der Waals surface area contributed by atoms with Crippen molar-refractivity contribution in [2.24, 2.45) is 11.3 Å². The van der Waals surface area contributed by atoms with Crippen LogP contribution in [0.5, 0.6) is 0 Å². The fraction of sp³-hybridized carbons (Fsp3) is 0.818. The summed E-state index contributed by atoms with van der Waals surface area (Å²) in [5, 5.41) is 8.61. The standard InChI is InChI=1S/C11H20O4/c1-5-11(3,4)10(14)15-7-6-8(2)9(12)13/h8H,5-7H2,1-4H3,(H,12,13). The van der Waals surface area contributed by atoms with Crippen molar-refractivity contribution in [3.05, 3.63) is 0 Å². The molecule has 0 aliphatic rings. The molecule has 1 N–H and O–H groups in total. The molecule has 4 nitrogen and oxygen atoms in total. The average Bonchev–Trinajstić information content (AvgIpc) is 2.17. The number of esters is 1. The second-order valence-corrected chi connectivity index (χ2v) is 4.40. The minimum absolute atomic E-state index is 0.176. The van der Waals surface area contributed by atoms with Crippen molar-refractivity contribution in [2.75, 3.05) is 6.61 Å². The van der Waals surface area contributed by atoms with E-state index >= 15 is 0 Å². The van der Waals surface area contributed by atoms with Crippen molar-refractivity contribution in [1.29, 1.82) is 0 Å². The van der Waals surface area contributed by atoms with E-state index < -0.39 is 17.3 Å². The first-order valence-corrected chi connectivity index (χ1v) is 5.21. The first kappa shape index (κ1) is 13.9. The minimum atomic E-state index is -0.860. The van der Waals surface area contributed by atoms with Gasteiger partial charge in [-0.1, -0.05) is 13.8 Å². The van der Waals surface area contributed by atoms with E-state index in [0.717, 1.165) is 0 Å². The molecule has 0 aliphatic carbocycles. The van der Waals surface area contributed by atoms with Gasteiger partial charge in [0.2, 0.25) is 0 Å². The highest BCUT2D eigenvalue weighted by Gasteiger charge is 2.27. The third-order valence-corrected chi connectivity index (χ3v) is 2.64. The van der Waals surface area contributed by atoms with Crippen LogP contribution in [0.15, 0.2) is 0 Å². The lowest BCUT2D eigenvalue weighted by Crippen LogP contribution is -2.26. The summed E-state index contributed by atoms with van der Waals surface area (Å²) in [6.07, 6.45) is 1.07. The van der Waals surface area contributed by atoms with Crippen molar-refractivity contribution >= 4 is 11.9 Å². The molecule has 4 heteroatoms. The molecule has 0 bridgehead atoms. The molecule has 0 rings (SSSR count). The number of hydrogen-bond acceptors (Lipinski definition) is 3. The maximum Gasteiger partial charge on any atom is 0.311 e. The zero-order valence-electron chi connectivity index (χ0n) is 9.87. The van der Waals surface area contributed by atoms with Gasteiger partial charge in [0, 0.05) is 0 Å². The summed E-state index contributed by atoms with van der Waals surface area (Å²) >= 11 is 0. The molecule has 0 heterocycles. The highest BCUT2D eigenvalue weighted by atomic mass is 16.5. The van der Waals surface area contributed by atoms with Gasteiger partial charge in [0.15, 0.2) is 0 Å². The van der Waals surface area contributed by atoms with Crippen LogP contribution in [0.25, 0.3) is 0 Å². The number of rotatable bonds is 6. The van der Waals surface area contributed by atoms with Gasteiger partial charge < -0.3 is 9.84 Å². The Morgan fingerprint density at radius 3 is 2.33 bits per heavy atom. The summed E-state index contributed by atoms with van der Waals surface area (Å²) in [4.78, 5) is 22.0. The first-order valence-electron chi connectivity index (χ1n) is 5.21. The van der Waals surface area contributed by atoms with E-state index in [0.29, 0.717) is 12.8 Å². The van der Waals surface area contributed by atoms with Crippen LogP contribution < -0.4 is 0 Å². The number of carbonyl (C=O) groups is 2. The minimum Gasteiger partial charge on any atom is -0.481 e. The summed E-state index contributed by atoms with van der Waals surface area (Å²) < 4.78 is 5.02.